The Morgan fingerprint density at radius 2 is 1.81 bits per heavy atom. The van der Waals surface area contributed by atoms with Crippen LogP contribution in [0.25, 0.3) is 33.3 Å². The lowest BCUT2D eigenvalue weighted by atomic mass is 10.1. The molecule has 0 aliphatic heterocycles. The Balaban J connectivity index is 1.53. The van der Waals surface area contributed by atoms with Gasteiger partial charge in [-0.3, -0.25) is 19.1 Å². The number of ether oxygens (including phenoxy) is 1. The first-order valence-electron chi connectivity index (χ1n) is 13.5. The summed E-state index contributed by atoms with van der Waals surface area (Å²) in [5.41, 5.74) is 4.58. The number of anilines is 1. The lowest BCUT2D eigenvalue weighted by Gasteiger charge is -2.28. The van der Waals surface area contributed by atoms with Gasteiger partial charge < -0.3 is 10.1 Å². The first-order valence-corrected chi connectivity index (χ1v) is 13.5. The lowest BCUT2D eigenvalue weighted by Crippen LogP contribution is -2.45. The van der Waals surface area contributed by atoms with Crippen LogP contribution in [0.3, 0.4) is 0 Å². The number of carbonyl (C=O) groups is 2. The van der Waals surface area contributed by atoms with Crippen molar-refractivity contribution in [3.63, 3.8) is 0 Å². The van der Waals surface area contributed by atoms with E-state index in [2.05, 4.69) is 47.3 Å². The molecule has 5 aromatic rings. The summed E-state index contributed by atoms with van der Waals surface area (Å²) >= 11 is 0. The monoisotopic (exact) mass is 580 g/mol. The van der Waals surface area contributed by atoms with E-state index in [0.717, 1.165) is 22.2 Å². The molecule has 0 saturated carbocycles. The average molecular weight is 581 g/mol. The molecular formula is C30H32N10O3. The van der Waals surface area contributed by atoms with Gasteiger partial charge in [0.1, 0.15) is 40.5 Å². The smallest absolute Gasteiger partial charge is 0.410 e. The van der Waals surface area contributed by atoms with Gasteiger partial charge in [-0.25, -0.2) is 24.7 Å². The molecule has 1 N–H and O–H groups in total. The molecule has 0 bridgehead atoms. The van der Waals surface area contributed by atoms with Gasteiger partial charge in [0.25, 0.3) is 0 Å². The normalized spacial score (nSPS) is 12.1. The number of amides is 2. The number of pyridine rings is 2. The Bertz CT molecular complexity index is 1940. The Kier molecular flexibility index (Phi) is 7.54. The number of nitrogens with one attached hydrogen (secondary N) is 1. The molecule has 5 heterocycles. The number of rotatable bonds is 4. The van der Waals surface area contributed by atoms with Gasteiger partial charge in [0.05, 0.1) is 17.6 Å². The SMILES string of the molecule is Cc1nn(C)c2c(-c3cc(C#Cc4cnc5c(cnn5C)c4)nc(NC(=O)C(C)N(C)C(=O)OC(C)(C)C)c3)ncnc12. The molecule has 0 radical (unpaired) electrons. The molecule has 0 aliphatic rings. The summed E-state index contributed by atoms with van der Waals surface area (Å²) in [6, 6.07) is 4.54. The van der Waals surface area contributed by atoms with E-state index in [9.17, 15) is 9.59 Å². The van der Waals surface area contributed by atoms with Crippen LogP contribution in [-0.2, 0) is 23.6 Å². The molecule has 5 aromatic heterocycles. The van der Waals surface area contributed by atoms with Crippen molar-refractivity contribution >= 4 is 39.9 Å². The largest absolute Gasteiger partial charge is 0.444 e. The van der Waals surface area contributed by atoms with Crippen LogP contribution in [0.15, 0.2) is 36.9 Å². The van der Waals surface area contributed by atoms with E-state index in [-0.39, 0.29) is 5.82 Å². The summed E-state index contributed by atoms with van der Waals surface area (Å²) in [6.07, 6.45) is 4.26. The molecule has 0 fully saturated rings. The molecule has 0 saturated heterocycles. The fourth-order valence-corrected chi connectivity index (χ4v) is 4.43. The first kappa shape index (κ1) is 29.1. The number of likely N-dealkylation sites (N-methyl/N-ethyl adjacent to an activating group) is 1. The molecule has 5 rings (SSSR count). The summed E-state index contributed by atoms with van der Waals surface area (Å²) in [6.45, 7) is 8.78. The predicted molar refractivity (Wildman–Crippen MR) is 161 cm³/mol. The number of carbonyl (C=O) groups excluding carboxylic acids is 2. The van der Waals surface area contributed by atoms with Crippen LogP contribution >= 0.6 is 0 Å². The zero-order valence-electron chi connectivity index (χ0n) is 25.3. The molecular weight excluding hydrogens is 548 g/mol. The highest BCUT2D eigenvalue weighted by Crippen LogP contribution is 2.28. The van der Waals surface area contributed by atoms with E-state index in [0.29, 0.717) is 28.0 Å². The molecule has 0 aromatic carbocycles. The summed E-state index contributed by atoms with van der Waals surface area (Å²) in [5, 5.41) is 12.4. The van der Waals surface area contributed by atoms with Gasteiger partial charge in [0.2, 0.25) is 5.91 Å². The number of hydrogen-bond acceptors (Lipinski definition) is 9. The van der Waals surface area contributed by atoms with Crippen molar-refractivity contribution < 1.29 is 14.3 Å². The van der Waals surface area contributed by atoms with Crippen molar-refractivity contribution in [1.82, 2.24) is 44.4 Å². The quantitative estimate of drug-likeness (QED) is 0.315. The third-order valence-corrected chi connectivity index (χ3v) is 6.69. The topological polar surface area (TPSA) is 146 Å². The average Bonchev–Trinajstić information content (AvgIpc) is 3.47. The molecule has 1 unspecified atom stereocenters. The molecule has 0 spiro atoms. The molecule has 2 amide bonds. The van der Waals surface area contributed by atoms with Crippen molar-refractivity contribution in [2.24, 2.45) is 14.1 Å². The van der Waals surface area contributed by atoms with E-state index in [4.69, 9.17) is 4.74 Å². The number of aryl methyl sites for hydroxylation is 3. The summed E-state index contributed by atoms with van der Waals surface area (Å²) < 4.78 is 8.82. The van der Waals surface area contributed by atoms with Gasteiger partial charge >= 0.3 is 6.09 Å². The lowest BCUT2D eigenvalue weighted by molar-refractivity contribution is -0.120. The minimum absolute atomic E-state index is 0.239. The molecule has 13 nitrogen and oxygen atoms in total. The van der Waals surface area contributed by atoms with E-state index in [1.165, 1.54) is 18.3 Å². The predicted octanol–water partition coefficient (Wildman–Crippen LogP) is 3.61. The molecule has 13 heteroatoms. The second-order valence-corrected chi connectivity index (χ2v) is 11.2. The minimum atomic E-state index is -0.849. The van der Waals surface area contributed by atoms with E-state index < -0.39 is 23.6 Å². The summed E-state index contributed by atoms with van der Waals surface area (Å²) in [7, 11) is 5.16. The zero-order chi connectivity index (χ0) is 31.1. The molecule has 220 valence electrons. The first-order chi connectivity index (χ1) is 20.3. The van der Waals surface area contributed by atoms with Crippen LogP contribution in [0.2, 0.25) is 0 Å². The standard InChI is InChI=1S/C30H32N10O3/c1-17-24-26(39(7)37-17)25(33-16-32-24)20-12-22(10-9-19-11-21-15-34-40(8)27(21)31-14-19)35-23(13-20)36-28(41)18(2)38(6)29(42)43-30(3,4)5/h11-16,18H,1-8H3,(H,35,36,41). The number of nitrogens with zero attached hydrogens (tertiary/aromatic N) is 9. The number of aromatic nitrogens is 8. The second kappa shape index (κ2) is 11.1. The fourth-order valence-electron chi connectivity index (χ4n) is 4.43. The van der Waals surface area contributed by atoms with E-state index in [1.54, 1.807) is 61.6 Å². The van der Waals surface area contributed by atoms with Gasteiger partial charge in [0, 0.05) is 43.9 Å². The third-order valence-electron chi connectivity index (χ3n) is 6.69. The van der Waals surface area contributed by atoms with E-state index in [1.807, 2.05) is 27.1 Å². The minimum Gasteiger partial charge on any atom is -0.444 e. The highest BCUT2D eigenvalue weighted by molar-refractivity contribution is 5.97. The van der Waals surface area contributed by atoms with Gasteiger partial charge in [0.15, 0.2) is 5.65 Å². The van der Waals surface area contributed by atoms with Gasteiger partial charge in [-0.15, -0.1) is 0 Å². The Labute approximate surface area is 248 Å². The highest BCUT2D eigenvalue weighted by atomic mass is 16.6. The van der Waals surface area contributed by atoms with Crippen molar-refractivity contribution in [3.8, 4) is 23.1 Å². The Morgan fingerprint density at radius 1 is 1.05 bits per heavy atom. The summed E-state index contributed by atoms with van der Waals surface area (Å²) in [5.74, 6) is 5.98. The Hall–Kier alpha value is -5.38. The van der Waals surface area contributed by atoms with Crippen molar-refractivity contribution in [2.45, 2.75) is 46.3 Å². The van der Waals surface area contributed by atoms with E-state index >= 15 is 0 Å². The second-order valence-electron chi connectivity index (χ2n) is 11.2. The third kappa shape index (κ3) is 6.13. The van der Waals surface area contributed by atoms with Crippen LogP contribution in [0.5, 0.6) is 0 Å². The maximum Gasteiger partial charge on any atom is 0.410 e. The van der Waals surface area contributed by atoms with Crippen LogP contribution in [0, 0.1) is 18.8 Å². The fraction of sp³-hybridized carbons (Fsp3) is 0.333. The van der Waals surface area contributed by atoms with Crippen molar-refractivity contribution in [2.75, 3.05) is 12.4 Å². The maximum atomic E-state index is 13.3. The number of fused-ring (bicyclic) bond motifs is 2. The summed E-state index contributed by atoms with van der Waals surface area (Å²) in [4.78, 5) is 45.0. The van der Waals surface area contributed by atoms with Crippen molar-refractivity contribution in [1.29, 1.82) is 0 Å². The van der Waals surface area contributed by atoms with Gasteiger partial charge in [-0.05, 0) is 58.7 Å². The van der Waals surface area contributed by atoms with Gasteiger partial charge in [-0.1, -0.05) is 5.92 Å². The number of hydrogen-bond donors (Lipinski definition) is 1. The van der Waals surface area contributed by atoms with Crippen LogP contribution < -0.4 is 5.32 Å². The van der Waals surface area contributed by atoms with Crippen LogP contribution in [-0.4, -0.2) is 75.1 Å². The highest BCUT2D eigenvalue weighted by Gasteiger charge is 2.27. The van der Waals surface area contributed by atoms with Crippen molar-refractivity contribution in [3.05, 3.63) is 53.9 Å². The molecule has 43 heavy (non-hydrogen) atoms. The van der Waals surface area contributed by atoms with Crippen LogP contribution in [0.1, 0.15) is 44.6 Å². The van der Waals surface area contributed by atoms with Crippen LogP contribution in [0.4, 0.5) is 10.6 Å². The zero-order valence-corrected chi connectivity index (χ0v) is 25.3. The Morgan fingerprint density at radius 3 is 2.56 bits per heavy atom. The van der Waals surface area contributed by atoms with Gasteiger partial charge in [-0.2, -0.15) is 10.2 Å². The molecule has 0 aliphatic carbocycles. The molecule has 1 atom stereocenters. The maximum absolute atomic E-state index is 13.3.